The molecule has 3 aromatic rings. The molecule has 1 aromatic heterocycles. The number of ether oxygens (including phenoxy) is 1. The molecule has 0 saturated heterocycles. The van der Waals surface area contributed by atoms with Crippen molar-refractivity contribution in [3.63, 3.8) is 0 Å². The lowest BCUT2D eigenvalue weighted by Crippen LogP contribution is -2.12. The van der Waals surface area contributed by atoms with Crippen LogP contribution in [-0.2, 0) is 6.61 Å². The van der Waals surface area contributed by atoms with Gasteiger partial charge in [0.1, 0.15) is 29.9 Å². The van der Waals surface area contributed by atoms with Crippen molar-refractivity contribution in [3.05, 3.63) is 87.1 Å². The molecule has 1 heterocycles. The summed E-state index contributed by atoms with van der Waals surface area (Å²) in [6.07, 6.45) is 0. The number of aromatic amines is 1. The maximum atomic E-state index is 14.4. The predicted molar refractivity (Wildman–Crippen MR) is 92.6 cm³/mol. The van der Waals surface area contributed by atoms with Gasteiger partial charge in [-0.15, -0.1) is 0 Å². The smallest absolute Gasteiger partial charge is 0.266 e. The number of nitriles is 1. The van der Waals surface area contributed by atoms with Gasteiger partial charge in [0, 0.05) is 22.9 Å². The summed E-state index contributed by atoms with van der Waals surface area (Å²) in [5.74, 6) is -2.38. The predicted octanol–water partition coefficient (Wildman–Crippen LogP) is 4.22. The largest absolute Gasteiger partial charge is 0.486 e. The van der Waals surface area contributed by atoms with E-state index in [1.165, 1.54) is 18.2 Å². The molecule has 0 saturated carbocycles. The Bertz CT molecular complexity index is 1120. The number of benzene rings is 2. The van der Waals surface area contributed by atoms with Crippen LogP contribution in [0.2, 0.25) is 0 Å². The standard InChI is InChI=1S/C20H13F3N2O2/c1-11-6-15(16(9-24)20(26)25-11)12-3-5-19(18(23)7-12)27-10-13-2-4-14(21)8-17(13)22/h2-8H,10H2,1H3,(H,25,26). The Labute approximate surface area is 152 Å². The van der Waals surface area contributed by atoms with Gasteiger partial charge in [0.15, 0.2) is 11.6 Å². The summed E-state index contributed by atoms with van der Waals surface area (Å²) in [5.41, 5.74) is 0.563. The summed E-state index contributed by atoms with van der Waals surface area (Å²) >= 11 is 0. The zero-order valence-corrected chi connectivity index (χ0v) is 14.1. The molecule has 0 atom stereocenters. The topological polar surface area (TPSA) is 65.9 Å². The summed E-state index contributed by atoms with van der Waals surface area (Å²) in [7, 11) is 0. The minimum absolute atomic E-state index is 0.0804. The van der Waals surface area contributed by atoms with Crippen LogP contribution < -0.4 is 10.3 Å². The second kappa shape index (κ2) is 7.38. The summed E-state index contributed by atoms with van der Waals surface area (Å²) in [6.45, 7) is 1.37. The van der Waals surface area contributed by atoms with Gasteiger partial charge in [0.2, 0.25) is 0 Å². The maximum Gasteiger partial charge on any atom is 0.266 e. The van der Waals surface area contributed by atoms with Crippen molar-refractivity contribution >= 4 is 0 Å². The van der Waals surface area contributed by atoms with E-state index in [1.807, 2.05) is 6.07 Å². The molecule has 0 spiro atoms. The van der Waals surface area contributed by atoms with Crippen molar-refractivity contribution in [1.82, 2.24) is 4.98 Å². The van der Waals surface area contributed by atoms with E-state index in [-0.39, 0.29) is 23.5 Å². The van der Waals surface area contributed by atoms with E-state index < -0.39 is 23.0 Å². The van der Waals surface area contributed by atoms with E-state index in [4.69, 9.17) is 4.74 Å². The fourth-order valence-corrected chi connectivity index (χ4v) is 2.61. The quantitative estimate of drug-likeness (QED) is 0.748. The number of rotatable bonds is 4. The number of hydrogen-bond acceptors (Lipinski definition) is 3. The Morgan fingerprint density at radius 3 is 2.52 bits per heavy atom. The van der Waals surface area contributed by atoms with Crippen LogP contribution in [0, 0.1) is 35.7 Å². The molecule has 3 rings (SSSR count). The van der Waals surface area contributed by atoms with Crippen LogP contribution in [0.3, 0.4) is 0 Å². The molecule has 1 N–H and O–H groups in total. The molecular weight excluding hydrogens is 357 g/mol. The zero-order chi connectivity index (χ0) is 19.6. The van der Waals surface area contributed by atoms with Crippen molar-refractivity contribution in [1.29, 1.82) is 5.26 Å². The van der Waals surface area contributed by atoms with Gasteiger partial charge in [-0.25, -0.2) is 13.2 Å². The first-order valence-corrected chi connectivity index (χ1v) is 7.89. The molecule has 7 heteroatoms. The number of H-pyrrole nitrogens is 1. The summed E-state index contributed by atoms with van der Waals surface area (Å²) in [5, 5.41) is 9.18. The van der Waals surface area contributed by atoms with Gasteiger partial charge in [0.25, 0.3) is 5.56 Å². The van der Waals surface area contributed by atoms with E-state index in [0.29, 0.717) is 16.8 Å². The molecule has 4 nitrogen and oxygen atoms in total. The van der Waals surface area contributed by atoms with Gasteiger partial charge < -0.3 is 9.72 Å². The number of pyridine rings is 1. The molecule has 0 bridgehead atoms. The van der Waals surface area contributed by atoms with Crippen molar-refractivity contribution in [2.24, 2.45) is 0 Å². The Morgan fingerprint density at radius 2 is 1.85 bits per heavy atom. The SMILES string of the molecule is Cc1cc(-c2ccc(OCc3ccc(F)cc3F)c(F)c2)c(C#N)c(=O)[nH]1. The minimum Gasteiger partial charge on any atom is -0.486 e. The molecule has 0 aliphatic carbocycles. The van der Waals surface area contributed by atoms with E-state index in [2.05, 4.69) is 4.98 Å². The second-order valence-electron chi connectivity index (χ2n) is 5.85. The Hall–Kier alpha value is -3.53. The number of aryl methyl sites for hydroxylation is 1. The Morgan fingerprint density at radius 1 is 1.07 bits per heavy atom. The first-order valence-electron chi connectivity index (χ1n) is 7.89. The first kappa shape index (κ1) is 18.3. The highest BCUT2D eigenvalue weighted by Gasteiger charge is 2.13. The third-order valence-corrected chi connectivity index (χ3v) is 3.92. The average molecular weight is 370 g/mol. The van der Waals surface area contributed by atoms with Crippen LogP contribution in [0.25, 0.3) is 11.1 Å². The average Bonchev–Trinajstić information content (AvgIpc) is 2.61. The highest BCUT2D eigenvalue weighted by Crippen LogP contribution is 2.28. The number of nitrogens with zero attached hydrogens (tertiary/aromatic N) is 1. The lowest BCUT2D eigenvalue weighted by molar-refractivity contribution is 0.284. The highest BCUT2D eigenvalue weighted by atomic mass is 19.1. The van der Waals surface area contributed by atoms with Crippen molar-refractivity contribution in [3.8, 4) is 22.9 Å². The summed E-state index contributed by atoms with van der Waals surface area (Å²) in [6, 6.07) is 10.4. The van der Waals surface area contributed by atoms with E-state index >= 15 is 0 Å². The normalized spacial score (nSPS) is 10.5. The molecule has 27 heavy (non-hydrogen) atoms. The van der Waals surface area contributed by atoms with Crippen LogP contribution in [0.15, 0.2) is 47.3 Å². The van der Waals surface area contributed by atoms with Gasteiger partial charge in [-0.05, 0) is 42.8 Å². The maximum absolute atomic E-state index is 14.4. The number of halogens is 3. The molecule has 0 unspecified atom stereocenters. The molecular formula is C20H13F3N2O2. The van der Waals surface area contributed by atoms with E-state index in [0.717, 1.165) is 18.2 Å². The van der Waals surface area contributed by atoms with Crippen LogP contribution >= 0.6 is 0 Å². The van der Waals surface area contributed by atoms with Gasteiger partial charge >= 0.3 is 0 Å². The third-order valence-electron chi connectivity index (χ3n) is 3.92. The van der Waals surface area contributed by atoms with Gasteiger partial charge in [-0.2, -0.15) is 5.26 Å². The number of aromatic nitrogens is 1. The molecule has 0 aliphatic heterocycles. The van der Waals surface area contributed by atoms with Gasteiger partial charge in [-0.1, -0.05) is 6.07 Å². The molecule has 2 aromatic carbocycles. The van der Waals surface area contributed by atoms with Crippen LogP contribution in [0.4, 0.5) is 13.2 Å². The highest BCUT2D eigenvalue weighted by molar-refractivity contribution is 5.71. The molecule has 0 fully saturated rings. The molecule has 0 radical (unpaired) electrons. The lowest BCUT2D eigenvalue weighted by Gasteiger charge is -2.10. The summed E-state index contributed by atoms with van der Waals surface area (Å²) in [4.78, 5) is 14.4. The van der Waals surface area contributed by atoms with E-state index in [1.54, 1.807) is 13.0 Å². The van der Waals surface area contributed by atoms with E-state index in [9.17, 15) is 23.2 Å². The fourth-order valence-electron chi connectivity index (χ4n) is 2.61. The Kier molecular flexibility index (Phi) is 4.99. The van der Waals surface area contributed by atoms with Crippen molar-refractivity contribution in [2.45, 2.75) is 13.5 Å². The van der Waals surface area contributed by atoms with Gasteiger partial charge in [-0.3, -0.25) is 4.79 Å². The van der Waals surface area contributed by atoms with Crippen LogP contribution in [0.5, 0.6) is 5.75 Å². The first-order chi connectivity index (χ1) is 12.9. The second-order valence-corrected chi connectivity index (χ2v) is 5.85. The summed E-state index contributed by atoms with van der Waals surface area (Å²) < 4.78 is 46.2. The lowest BCUT2D eigenvalue weighted by atomic mass is 10.0. The monoisotopic (exact) mass is 370 g/mol. The number of nitrogens with one attached hydrogen (secondary N) is 1. The van der Waals surface area contributed by atoms with Crippen molar-refractivity contribution in [2.75, 3.05) is 0 Å². The van der Waals surface area contributed by atoms with Crippen LogP contribution in [0.1, 0.15) is 16.8 Å². The van der Waals surface area contributed by atoms with Crippen LogP contribution in [-0.4, -0.2) is 4.98 Å². The Balaban J connectivity index is 1.89. The molecule has 0 aliphatic rings. The third kappa shape index (κ3) is 3.85. The molecule has 136 valence electrons. The fraction of sp³-hybridized carbons (Fsp3) is 0.100. The van der Waals surface area contributed by atoms with Gasteiger partial charge in [0.05, 0.1) is 0 Å². The molecule has 0 amide bonds. The minimum atomic E-state index is -0.787. The van der Waals surface area contributed by atoms with Crippen molar-refractivity contribution < 1.29 is 17.9 Å². The number of hydrogen-bond donors (Lipinski definition) is 1. The zero-order valence-electron chi connectivity index (χ0n) is 14.1.